The van der Waals surface area contributed by atoms with Crippen molar-refractivity contribution in [2.45, 2.75) is 62.7 Å². The molecule has 132 valence electrons. The molecule has 0 atom stereocenters. The van der Waals surface area contributed by atoms with Gasteiger partial charge in [0.2, 0.25) is 10.0 Å². The minimum Gasteiger partial charge on any atom is -0.495 e. The highest BCUT2D eigenvalue weighted by atomic mass is 32.2. The number of methoxy groups -OCH3 is 1. The molecule has 1 saturated carbocycles. The fourth-order valence-corrected chi connectivity index (χ4v) is 4.02. The number of sulfonamides is 1. The van der Waals surface area contributed by atoms with Crippen molar-refractivity contribution in [3.05, 3.63) is 18.2 Å². The molecule has 0 aromatic heterocycles. The normalized spacial score (nSPS) is 22.6. The Hall–Kier alpha value is -1.09. The van der Waals surface area contributed by atoms with Crippen LogP contribution in [-0.4, -0.2) is 39.9 Å². The van der Waals surface area contributed by atoms with E-state index in [0.717, 1.165) is 12.8 Å². The molecule has 0 radical (unpaired) electrons. The lowest BCUT2D eigenvalue weighted by Crippen LogP contribution is -2.41. The highest BCUT2D eigenvalue weighted by molar-refractivity contribution is 7.89. The van der Waals surface area contributed by atoms with Crippen LogP contribution in [0.5, 0.6) is 5.75 Å². The van der Waals surface area contributed by atoms with Crippen LogP contribution in [0.2, 0.25) is 0 Å². The smallest absolute Gasteiger partial charge is 0.494 e. The van der Waals surface area contributed by atoms with Crippen molar-refractivity contribution in [1.29, 1.82) is 0 Å². The van der Waals surface area contributed by atoms with Crippen LogP contribution in [0.25, 0.3) is 0 Å². The van der Waals surface area contributed by atoms with E-state index in [1.807, 2.05) is 27.7 Å². The van der Waals surface area contributed by atoms with E-state index in [1.165, 1.54) is 7.11 Å². The minimum atomic E-state index is -3.64. The highest BCUT2D eigenvalue weighted by Crippen LogP contribution is 2.37. The van der Waals surface area contributed by atoms with Crippen molar-refractivity contribution < 1.29 is 22.5 Å². The Balaban J connectivity index is 1.95. The molecule has 1 heterocycles. The molecule has 1 N–H and O–H groups in total. The molecule has 1 aliphatic heterocycles. The van der Waals surface area contributed by atoms with E-state index in [2.05, 4.69) is 4.72 Å². The maximum atomic E-state index is 12.6. The van der Waals surface area contributed by atoms with Crippen LogP contribution in [0, 0.1) is 0 Å². The van der Waals surface area contributed by atoms with Crippen LogP contribution < -0.4 is 14.9 Å². The van der Waals surface area contributed by atoms with Crippen LogP contribution in [-0.2, 0) is 19.3 Å². The lowest BCUT2D eigenvalue weighted by molar-refractivity contribution is 0.00578. The van der Waals surface area contributed by atoms with Gasteiger partial charge in [0.15, 0.2) is 0 Å². The predicted octanol–water partition coefficient (Wildman–Crippen LogP) is 1.44. The van der Waals surface area contributed by atoms with E-state index >= 15 is 0 Å². The number of hydrogen-bond donors (Lipinski definition) is 1. The van der Waals surface area contributed by atoms with Crippen LogP contribution in [0.3, 0.4) is 0 Å². The second-order valence-electron chi connectivity index (χ2n) is 7.39. The largest absolute Gasteiger partial charge is 0.495 e. The molecule has 1 saturated heterocycles. The van der Waals surface area contributed by atoms with Gasteiger partial charge in [-0.25, -0.2) is 13.1 Å². The summed E-state index contributed by atoms with van der Waals surface area (Å²) in [5.41, 5.74) is -0.308. The number of hydrogen-bond acceptors (Lipinski definition) is 5. The first kappa shape index (κ1) is 17.7. The maximum absolute atomic E-state index is 12.6. The monoisotopic (exact) mass is 353 g/mol. The maximum Gasteiger partial charge on any atom is 0.494 e. The molecular weight excluding hydrogens is 329 g/mol. The first-order valence-corrected chi connectivity index (χ1v) is 9.60. The van der Waals surface area contributed by atoms with Gasteiger partial charge in [-0.3, -0.25) is 0 Å². The second-order valence-corrected chi connectivity index (χ2v) is 9.08. The van der Waals surface area contributed by atoms with Crippen LogP contribution in [0.4, 0.5) is 0 Å². The zero-order valence-corrected chi connectivity index (χ0v) is 15.6. The summed E-state index contributed by atoms with van der Waals surface area (Å²) in [7, 11) is -2.79. The van der Waals surface area contributed by atoms with E-state index in [0.29, 0.717) is 11.2 Å². The molecule has 24 heavy (non-hydrogen) atoms. The van der Waals surface area contributed by atoms with Gasteiger partial charge in [0.25, 0.3) is 0 Å². The van der Waals surface area contributed by atoms with Crippen LogP contribution >= 0.6 is 0 Å². The topological polar surface area (TPSA) is 73.9 Å². The quantitative estimate of drug-likeness (QED) is 0.811. The van der Waals surface area contributed by atoms with Gasteiger partial charge in [-0.05, 0) is 58.1 Å². The number of rotatable bonds is 5. The highest BCUT2D eigenvalue weighted by Gasteiger charge is 2.52. The summed E-state index contributed by atoms with van der Waals surface area (Å²) in [5, 5.41) is 0. The Morgan fingerprint density at radius 2 is 1.75 bits per heavy atom. The van der Waals surface area contributed by atoms with Crippen molar-refractivity contribution in [2.24, 2.45) is 0 Å². The molecule has 1 aromatic rings. The van der Waals surface area contributed by atoms with Gasteiger partial charge in [0.1, 0.15) is 10.6 Å². The summed E-state index contributed by atoms with van der Waals surface area (Å²) in [6, 6.07) is 5.02. The van der Waals surface area contributed by atoms with E-state index in [1.54, 1.807) is 18.2 Å². The van der Waals surface area contributed by atoms with Crippen molar-refractivity contribution >= 4 is 22.6 Å². The third-order valence-corrected chi connectivity index (χ3v) is 6.44. The van der Waals surface area contributed by atoms with Gasteiger partial charge in [-0.15, -0.1) is 0 Å². The zero-order chi connectivity index (χ0) is 17.8. The molecule has 0 unspecified atom stereocenters. The molecule has 3 rings (SSSR count). The average Bonchev–Trinajstić information content (AvgIpc) is 3.24. The molecule has 1 aliphatic carbocycles. The Kier molecular flexibility index (Phi) is 4.23. The van der Waals surface area contributed by atoms with Crippen LogP contribution in [0.15, 0.2) is 23.1 Å². The fraction of sp³-hybridized carbons (Fsp3) is 0.625. The zero-order valence-electron chi connectivity index (χ0n) is 14.8. The summed E-state index contributed by atoms with van der Waals surface area (Å²) in [6.07, 6.45) is 1.75. The third-order valence-electron chi connectivity index (χ3n) is 4.90. The summed E-state index contributed by atoms with van der Waals surface area (Å²) in [5.74, 6) is 0.309. The van der Waals surface area contributed by atoms with Crippen LogP contribution in [0.1, 0.15) is 40.5 Å². The first-order valence-electron chi connectivity index (χ1n) is 8.12. The minimum absolute atomic E-state index is 0.0280. The second kappa shape index (κ2) is 5.73. The van der Waals surface area contributed by atoms with E-state index < -0.39 is 28.3 Å². The van der Waals surface area contributed by atoms with Gasteiger partial charge in [-0.1, -0.05) is 6.07 Å². The lowest BCUT2D eigenvalue weighted by Gasteiger charge is -2.32. The summed E-state index contributed by atoms with van der Waals surface area (Å²) >= 11 is 0. The lowest BCUT2D eigenvalue weighted by atomic mass is 9.79. The third kappa shape index (κ3) is 3.20. The SMILES string of the molecule is COc1ccc(B2OC(C)(C)C(C)(C)O2)cc1S(=O)(=O)NC1CC1. The van der Waals surface area contributed by atoms with Crippen molar-refractivity contribution in [3.8, 4) is 5.75 Å². The van der Waals surface area contributed by atoms with Crippen molar-refractivity contribution in [2.75, 3.05) is 7.11 Å². The summed E-state index contributed by atoms with van der Waals surface area (Å²) in [6.45, 7) is 7.84. The molecule has 8 heteroatoms. The molecular formula is C16H24BNO5S. The number of nitrogens with one attached hydrogen (secondary N) is 1. The molecule has 0 amide bonds. The van der Waals surface area contributed by atoms with Gasteiger partial charge < -0.3 is 14.0 Å². The average molecular weight is 353 g/mol. The molecule has 2 fully saturated rings. The Morgan fingerprint density at radius 1 is 1.17 bits per heavy atom. The van der Waals surface area contributed by atoms with Crippen molar-refractivity contribution in [3.63, 3.8) is 0 Å². The van der Waals surface area contributed by atoms with E-state index in [9.17, 15) is 8.42 Å². The molecule has 0 spiro atoms. The van der Waals surface area contributed by atoms with Crippen molar-refractivity contribution in [1.82, 2.24) is 4.72 Å². The Morgan fingerprint density at radius 3 is 2.25 bits per heavy atom. The summed E-state index contributed by atoms with van der Waals surface area (Å²) in [4.78, 5) is 0.115. The number of benzene rings is 1. The molecule has 0 bridgehead atoms. The van der Waals surface area contributed by atoms with Gasteiger partial charge in [-0.2, -0.15) is 0 Å². The van der Waals surface area contributed by atoms with Gasteiger partial charge in [0, 0.05) is 6.04 Å². The number of ether oxygens (including phenoxy) is 1. The van der Waals surface area contributed by atoms with E-state index in [4.69, 9.17) is 14.0 Å². The Labute approximate surface area is 144 Å². The Bertz CT molecular complexity index is 727. The molecule has 6 nitrogen and oxygen atoms in total. The first-order chi connectivity index (χ1) is 11.1. The fourth-order valence-electron chi connectivity index (χ4n) is 2.51. The standard InChI is InChI=1S/C16H24BNO5S/c1-15(2)16(3,4)23-17(22-15)11-6-9-13(21-5)14(10-11)24(19,20)18-12-7-8-12/h6,9-10,12,18H,7-8H2,1-5H3. The van der Waals surface area contributed by atoms with E-state index in [-0.39, 0.29) is 10.9 Å². The molecule has 1 aromatic carbocycles. The van der Waals surface area contributed by atoms with Gasteiger partial charge >= 0.3 is 7.12 Å². The predicted molar refractivity (Wildman–Crippen MR) is 92.1 cm³/mol. The summed E-state index contributed by atoms with van der Waals surface area (Å²) < 4.78 is 45.2. The molecule has 2 aliphatic rings. The van der Waals surface area contributed by atoms with Gasteiger partial charge in [0.05, 0.1) is 18.3 Å².